The standard InChI is InChI=1S/C12H15N5/c1-4-9-7-11(13-3)17-12(16-9)10-5-6-14-8(2)15-10/h5-7H,4H2,1-3H3,(H,13,16,17). The fraction of sp³-hybridized carbons (Fsp3) is 0.333. The van der Waals surface area contributed by atoms with Crippen molar-refractivity contribution in [1.82, 2.24) is 19.9 Å². The molecule has 2 aromatic rings. The summed E-state index contributed by atoms with van der Waals surface area (Å²) in [7, 11) is 1.84. The zero-order chi connectivity index (χ0) is 12.3. The molecule has 0 atom stereocenters. The van der Waals surface area contributed by atoms with Crippen molar-refractivity contribution in [2.75, 3.05) is 12.4 Å². The maximum Gasteiger partial charge on any atom is 0.180 e. The molecule has 0 aliphatic carbocycles. The fourth-order valence-corrected chi connectivity index (χ4v) is 1.50. The lowest BCUT2D eigenvalue weighted by molar-refractivity contribution is 0.982. The highest BCUT2D eigenvalue weighted by molar-refractivity contribution is 5.52. The van der Waals surface area contributed by atoms with E-state index in [1.807, 2.05) is 26.1 Å². The molecule has 0 aromatic carbocycles. The third-order valence-electron chi connectivity index (χ3n) is 2.40. The van der Waals surface area contributed by atoms with Crippen LogP contribution in [0.5, 0.6) is 0 Å². The maximum atomic E-state index is 4.47. The molecule has 0 aliphatic heterocycles. The molecular formula is C12H15N5. The second-order valence-corrected chi connectivity index (χ2v) is 3.66. The summed E-state index contributed by atoms with van der Waals surface area (Å²) in [5.74, 6) is 2.17. The minimum Gasteiger partial charge on any atom is -0.373 e. The molecule has 0 amide bonds. The van der Waals surface area contributed by atoms with E-state index < -0.39 is 0 Å². The van der Waals surface area contributed by atoms with Crippen LogP contribution in [0.1, 0.15) is 18.4 Å². The minimum atomic E-state index is 0.638. The summed E-state index contributed by atoms with van der Waals surface area (Å²) in [6.45, 7) is 3.92. The van der Waals surface area contributed by atoms with E-state index in [1.54, 1.807) is 6.20 Å². The van der Waals surface area contributed by atoms with Gasteiger partial charge < -0.3 is 5.32 Å². The average Bonchev–Trinajstić information content (AvgIpc) is 2.38. The molecule has 2 rings (SSSR count). The van der Waals surface area contributed by atoms with Crippen molar-refractivity contribution in [3.8, 4) is 11.5 Å². The lowest BCUT2D eigenvalue weighted by Crippen LogP contribution is -2.02. The lowest BCUT2D eigenvalue weighted by atomic mass is 10.3. The number of hydrogen-bond acceptors (Lipinski definition) is 5. The molecule has 5 heteroatoms. The lowest BCUT2D eigenvalue weighted by Gasteiger charge is -2.06. The van der Waals surface area contributed by atoms with Crippen molar-refractivity contribution in [3.63, 3.8) is 0 Å². The summed E-state index contributed by atoms with van der Waals surface area (Å²) < 4.78 is 0. The summed E-state index contributed by atoms with van der Waals surface area (Å²) in [6.07, 6.45) is 2.59. The summed E-state index contributed by atoms with van der Waals surface area (Å²) in [6, 6.07) is 3.76. The molecule has 88 valence electrons. The molecule has 0 saturated carbocycles. The molecule has 1 N–H and O–H groups in total. The quantitative estimate of drug-likeness (QED) is 0.870. The van der Waals surface area contributed by atoms with Crippen LogP contribution in [0.25, 0.3) is 11.5 Å². The van der Waals surface area contributed by atoms with Gasteiger partial charge in [-0.3, -0.25) is 0 Å². The first-order valence-electron chi connectivity index (χ1n) is 5.58. The van der Waals surface area contributed by atoms with Gasteiger partial charge in [-0.25, -0.2) is 19.9 Å². The zero-order valence-electron chi connectivity index (χ0n) is 10.2. The van der Waals surface area contributed by atoms with Gasteiger partial charge in [0.25, 0.3) is 0 Å². The molecule has 0 spiro atoms. The molecular weight excluding hydrogens is 214 g/mol. The van der Waals surface area contributed by atoms with E-state index >= 15 is 0 Å². The molecule has 17 heavy (non-hydrogen) atoms. The summed E-state index contributed by atoms with van der Waals surface area (Å²) in [5.41, 5.74) is 1.75. The molecule has 2 aromatic heterocycles. The predicted octanol–water partition coefficient (Wildman–Crippen LogP) is 1.85. The van der Waals surface area contributed by atoms with Crippen molar-refractivity contribution in [1.29, 1.82) is 0 Å². The Hall–Kier alpha value is -2.04. The van der Waals surface area contributed by atoms with Gasteiger partial charge in [-0.1, -0.05) is 6.92 Å². The smallest absolute Gasteiger partial charge is 0.180 e. The number of anilines is 1. The summed E-state index contributed by atoms with van der Waals surface area (Å²) in [5, 5.41) is 3.03. The monoisotopic (exact) mass is 229 g/mol. The van der Waals surface area contributed by atoms with Gasteiger partial charge in [-0.2, -0.15) is 0 Å². The Morgan fingerprint density at radius 3 is 2.71 bits per heavy atom. The van der Waals surface area contributed by atoms with Crippen LogP contribution in [0.15, 0.2) is 18.3 Å². The largest absolute Gasteiger partial charge is 0.373 e. The third-order valence-corrected chi connectivity index (χ3v) is 2.40. The first-order valence-corrected chi connectivity index (χ1v) is 5.58. The number of aryl methyl sites for hydroxylation is 2. The number of nitrogens with zero attached hydrogens (tertiary/aromatic N) is 4. The Labute approximate surface area is 100 Å². The highest BCUT2D eigenvalue weighted by Crippen LogP contribution is 2.15. The van der Waals surface area contributed by atoms with Gasteiger partial charge in [-0.05, 0) is 19.4 Å². The van der Waals surface area contributed by atoms with Crippen molar-refractivity contribution in [2.24, 2.45) is 0 Å². The number of aromatic nitrogens is 4. The summed E-state index contributed by atoms with van der Waals surface area (Å²) >= 11 is 0. The van der Waals surface area contributed by atoms with Crippen molar-refractivity contribution in [2.45, 2.75) is 20.3 Å². The van der Waals surface area contributed by atoms with Crippen molar-refractivity contribution >= 4 is 5.82 Å². The number of hydrogen-bond donors (Lipinski definition) is 1. The minimum absolute atomic E-state index is 0.638. The molecule has 0 fully saturated rings. The predicted molar refractivity (Wildman–Crippen MR) is 66.7 cm³/mol. The van der Waals surface area contributed by atoms with Crippen molar-refractivity contribution in [3.05, 3.63) is 29.8 Å². The van der Waals surface area contributed by atoms with Crippen LogP contribution in [-0.4, -0.2) is 27.0 Å². The van der Waals surface area contributed by atoms with Gasteiger partial charge in [0.05, 0.1) is 0 Å². The Balaban J connectivity index is 2.50. The Morgan fingerprint density at radius 2 is 2.06 bits per heavy atom. The first-order chi connectivity index (χ1) is 8.22. The topological polar surface area (TPSA) is 63.6 Å². The third kappa shape index (κ3) is 2.55. The molecule has 0 unspecified atom stereocenters. The second kappa shape index (κ2) is 4.86. The van der Waals surface area contributed by atoms with Crippen LogP contribution >= 0.6 is 0 Å². The zero-order valence-corrected chi connectivity index (χ0v) is 10.2. The fourth-order valence-electron chi connectivity index (χ4n) is 1.50. The number of rotatable bonds is 3. The maximum absolute atomic E-state index is 4.47. The van der Waals surface area contributed by atoms with E-state index in [0.717, 1.165) is 29.5 Å². The second-order valence-electron chi connectivity index (χ2n) is 3.66. The van der Waals surface area contributed by atoms with Gasteiger partial charge >= 0.3 is 0 Å². The van der Waals surface area contributed by atoms with Crippen LogP contribution < -0.4 is 5.32 Å². The van der Waals surface area contributed by atoms with Crippen LogP contribution in [-0.2, 0) is 6.42 Å². The normalized spacial score (nSPS) is 10.3. The van der Waals surface area contributed by atoms with E-state index in [-0.39, 0.29) is 0 Å². The van der Waals surface area contributed by atoms with Gasteiger partial charge in [0.1, 0.15) is 17.3 Å². The van der Waals surface area contributed by atoms with Crippen LogP contribution in [0, 0.1) is 6.92 Å². The molecule has 2 heterocycles. The molecule has 0 bridgehead atoms. The summed E-state index contributed by atoms with van der Waals surface area (Å²) in [4.78, 5) is 17.3. The van der Waals surface area contributed by atoms with Gasteiger partial charge in [0, 0.05) is 25.0 Å². The van der Waals surface area contributed by atoms with E-state index in [1.165, 1.54) is 0 Å². The van der Waals surface area contributed by atoms with Crippen molar-refractivity contribution < 1.29 is 0 Å². The van der Waals surface area contributed by atoms with E-state index in [2.05, 4.69) is 32.2 Å². The Morgan fingerprint density at radius 1 is 1.24 bits per heavy atom. The highest BCUT2D eigenvalue weighted by Gasteiger charge is 2.07. The van der Waals surface area contributed by atoms with E-state index in [4.69, 9.17) is 0 Å². The van der Waals surface area contributed by atoms with Gasteiger partial charge in [-0.15, -0.1) is 0 Å². The average molecular weight is 229 g/mol. The van der Waals surface area contributed by atoms with E-state index in [0.29, 0.717) is 5.82 Å². The van der Waals surface area contributed by atoms with Crippen LogP contribution in [0.4, 0.5) is 5.82 Å². The van der Waals surface area contributed by atoms with Gasteiger partial charge in [0.15, 0.2) is 5.82 Å². The highest BCUT2D eigenvalue weighted by atomic mass is 15.0. The van der Waals surface area contributed by atoms with Gasteiger partial charge in [0.2, 0.25) is 0 Å². The SMILES string of the molecule is CCc1cc(NC)nc(-c2ccnc(C)n2)n1. The molecule has 5 nitrogen and oxygen atoms in total. The molecule has 0 saturated heterocycles. The molecule has 0 aliphatic rings. The van der Waals surface area contributed by atoms with E-state index in [9.17, 15) is 0 Å². The molecule has 0 radical (unpaired) electrons. The van der Waals surface area contributed by atoms with Crippen LogP contribution in [0.3, 0.4) is 0 Å². The number of nitrogens with one attached hydrogen (secondary N) is 1. The Bertz CT molecular complexity index is 502. The first kappa shape index (κ1) is 11.4. The van der Waals surface area contributed by atoms with Crippen LogP contribution in [0.2, 0.25) is 0 Å². The Kier molecular flexibility index (Phi) is 3.27.